The van der Waals surface area contributed by atoms with Crippen LogP contribution in [0.2, 0.25) is 0 Å². The summed E-state index contributed by atoms with van der Waals surface area (Å²) in [4.78, 5) is 3.60. The summed E-state index contributed by atoms with van der Waals surface area (Å²) in [5, 5.41) is 59.4. The fraction of sp³-hybridized carbons (Fsp3) is 0.700. The first kappa shape index (κ1) is 24.6. The first-order chi connectivity index (χ1) is 13.0. The lowest BCUT2D eigenvalue weighted by Crippen LogP contribution is -2.36. The molecule has 0 spiro atoms. The molecule has 28 heavy (non-hydrogen) atoms. The van der Waals surface area contributed by atoms with Crippen LogP contribution in [0.5, 0.6) is 11.5 Å². The van der Waals surface area contributed by atoms with Crippen molar-refractivity contribution in [2.45, 2.75) is 65.2 Å². The van der Waals surface area contributed by atoms with Gasteiger partial charge in [0, 0.05) is 50.4 Å². The summed E-state index contributed by atoms with van der Waals surface area (Å²) in [7, 11) is 0. The van der Waals surface area contributed by atoms with E-state index in [-0.39, 0.29) is 24.6 Å². The van der Waals surface area contributed by atoms with Gasteiger partial charge in [-0.3, -0.25) is 9.80 Å². The molecule has 0 radical (unpaired) electrons. The van der Waals surface area contributed by atoms with Crippen molar-refractivity contribution in [3.8, 4) is 11.5 Å². The highest BCUT2D eigenvalue weighted by Crippen LogP contribution is 2.29. The third kappa shape index (κ3) is 9.18. The van der Waals surface area contributed by atoms with E-state index in [9.17, 15) is 30.6 Å². The zero-order chi connectivity index (χ0) is 21.4. The predicted octanol–water partition coefficient (Wildman–Crippen LogP) is 0.225. The Hall–Kier alpha value is -1.42. The Bertz CT molecular complexity index is 521. The number of phenols is 2. The van der Waals surface area contributed by atoms with Gasteiger partial charge in [-0.05, 0) is 39.8 Å². The van der Waals surface area contributed by atoms with E-state index in [1.807, 2.05) is 0 Å². The minimum Gasteiger partial charge on any atom is -0.508 e. The number of nitrogens with zero attached hydrogens (tertiary/aromatic N) is 2. The molecule has 6 N–H and O–H groups in total. The molecule has 1 aromatic rings. The quantitative estimate of drug-likeness (QED) is 0.275. The highest BCUT2D eigenvalue weighted by Gasteiger charge is 2.18. The maximum atomic E-state index is 10.4. The number of rotatable bonds is 12. The van der Waals surface area contributed by atoms with Crippen LogP contribution >= 0.6 is 0 Å². The van der Waals surface area contributed by atoms with Crippen LogP contribution in [0.1, 0.15) is 38.8 Å². The molecular formula is C20H36N2O6. The molecule has 0 amide bonds. The molecule has 1 rings (SSSR count). The van der Waals surface area contributed by atoms with Crippen LogP contribution in [-0.2, 0) is 13.1 Å². The summed E-state index contributed by atoms with van der Waals surface area (Å²) in [5.74, 6) is 0.00561. The molecule has 0 aromatic heterocycles. The number of aliphatic hydroxyl groups is 4. The average Bonchev–Trinajstić information content (AvgIpc) is 2.49. The Balaban J connectivity index is 2.97. The van der Waals surface area contributed by atoms with Gasteiger partial charge in [0.05, 0.1) is 24.4 Å². The van der Waals surface area contributed by atoms with Gasteiger partial charge < -0.3 is 30.6 Å². The SMILES string of the molecule is C[C@@H](O)CN(Cc1cc(O)c(CN(C[C@@H](C)O)C[C@@H](C)O)cc1O)C[C@@H](C)O. The monoisotopic (exact) mass is 400 g/mol. The third-order valence-electron chi connectivity index (χ3n) is 4.16. The van der Waals surface area contributed by atoms with E-state index in [2.05, 4.69) is 0 Å². The van der Waals surface area contributed by atoms with Gasteiger partial charge in [-0.25, -0.2) is 0 Å². The Kier molecular flexibility index (Phi) is 10.2. The molecule has 8 nitrogen and oxygen atoms in total. The van der Waals surface area contributed by atoms with Crippen molar-refractivity contribution in [2.24, 2.45) is 0 Å². The molecule has 0 bridgehead atoms. The van der Waals surface area contributed by atoms with E-state index < -0.39 is 24.4 Å². The molecule has 1 aromatic carbocycles. The molecule has 0 aliphatic carbocycles. The van der Waals surface area contributed by atoms with Crippen molar-refractivity contribution in [2.75, 3.05) is 26.2 Å². The Morgan fingerprint density at radius 2 is 0.857 bits per heavy atom. The molecule has 0 aliphatic rings. The molecule has 0 saturated heterocycles. The molecule has 162 valence electrons. The second-order valence-electron chi connectivity index (χ2n) is 7.89. The van der Waals surface area contributed by atoms with Gasteiger partial charge in [-0.1, -0.05) is 0 Å². The summed E-state index contributed by atoms with van der Waals surface area (Å²) in [5.41, 5.74) is 0.973. The molecule has 0 aliphatic heterocycles. The van der Waals surface area contributed by atoms with Gasteiger partial charge in [0.15, 0.2) is 0 Å². The van der Waals surface area contributed by atoms with Crippen LogP contribution in [0.15, 0.2) is 12.1 Å². The van der Waals surface area contributed by atoms with Gasteiger partial charge in [0.2, 0.25) is 0 Å². The van der Waals surface area contributed by atoms with Gasteiger partial charge in [-0.15, -0.1) is 0 Å². The van der Waals surface area contributed by atoms with Crippen LogP contribution < -0.4 is 0 Å². The second kappa shape index (κ2) is 11.5. The van der Waals surface area contributed by atoms with E-state index in [4.69, 9.17) is 0 Å². The summed E-state index contributed by atoms with van der Waals surface area (Å²) >= 11 is 0. The summed E-state index contributed by atoms with van der Waals surface area (Å²) in [6.07, 6.45) is -2.38. The number of hydrogen-bond donors (Lipinski definition) is 6. The Labute approximate surface area is 167 Å². The van der Waals surface area contributed by atoms with Gasteiger partial charge in [0.25, 0.3) is 0 Å². The molecule has 0 saturated carbocycles. The summed E-state index contributed by atoms with van der Waals surface area (Å²) in [6.45, 7) is 8.41. The smallest absolute Gasteiger partial charge is 0.120 e. The molecule has 0 fully saturated rings. The van der Waals surface area contributed by atoms with E-state index in [0.29, 0.717) is 37.3 Å². The Morgan fingerprint density at radius 1 is 0.607 bits per heavy atom. The number of phenolic OH excluding ortho intramolecular Hbond substituents is 2. The van der Waals surface area contributed by atoms with E-state index in [1.165, 1.54) is 12.1 Å². The molecule has 8 heteroatoms. The lowest BCUT2D eigenvalue weighted by Gasteiger charge is -2.27. The van der Waals surface area contributed by atoms with Crippen molar-refractivity contribution >= 4 is 0 Å². The number of benzene rings is 1. The predicted molar refractivity (Wildman–Crippen MR) is 107 cm³/mol. The first-order valence-corrected chi connectivity index (χ1v) is 9.68. The van der Waals surface area contributed by atoms with Gasteiger partial charge >= 0.3 is 0 Å². The van der Waals surface area contributed by atoms with Crippen molar-refractivity contribution in [1.82, 2.24) is 9.80 Å². The van der Waals surface area contributed by atoms with Crippen LogP contribution in [-0.4, -0.2) is 91.0 Å². The zero-order valence-corrected chi connectivity index (χ0v) is 17.3. The van der Waals surface area contributed by atoms with Crippen LogP contribution in [0, 0.1) is 0 Å². The largest absolute Gasteiger partial charge is 0.508 e. The maximum absolute atomic E-state index is 10.4. The first-order valence-electron chi connectivity index (χ1n) is 9.68. The van der Waals surface area contributed by atoms with Gasteiger partial charge in [-0.2, -0.15) is 0 Å². The average molecular weight is 401 g/mol. The normalized spacial score (nSPS) is 16.4. The molecular weight excluding hydrogens is 364 g/mol. The number of aromatic hydroxyl groups is 2. The molecule has 0 heterocycles. The number of aliphatic hydroxyl groups excluding tert-OH is 4. The minimum absolute atomic E-state index is 0.00281. The van der Waals surface area contributed by atoms with E-state index >= 15 is 0 Å². The minimum atomic E-state index is -0.594. The van der Waals surface area contributed by atoms with Crippen LogP contribution in [0.25, 0.3) is 0 Å². The van der Waals surface area contributed by atoms with Crippen molar-refractivity contribution in [3.05, 3.63) is 23.3 Å². The molecule has 0 unspecified atom stereocenters. The summed E-state index contributed by atoms with van der Waals surface area (Å²) < 4.78 is 0. The van der Waals surface area contributed by atoms with E-state index in [1.54, 1.807) is 37.5 Å². The number of hydrogen-bond acceptors (Lipinski definition) is 8. The fourth-order valence-corrected chi connectivity index (χ4v) is 3.30. The topological polar surface area (TPSA) is 128 Å². The lowest BCUT2D eigenvalue weighted by atomic mass is 10.1. The van der Waals surface area contributed by atoms with Crippen LogP contribution in [0.4, 0.5) is 0 Å². The van der Waals surface area contributed by atoms with Crippen molar-refractivity contribution in [3.63, 3.8) is 0 Å². The van der Waals surface area contributed by atoms with Crippen molar-refractivity contribution in [1.29, 1.82) is 0 Å². The second-order valence-corrected chi connectivity index (χ2v) is 7.89. The lowest BCUT2D eigenvalue weighted by molar-refractivity contribution is 0.0775. The molecule has 4 atom stereocenters. The fourth-order valence-electron chi connectivity index (χ4n) is 3.30. The standard InChI is InChI=1S/C20H36N2O6/c1-13(23)7-21(8-14(2)24)11-17-5-20(28)18(6-19(17)27)12-22(9-15(3)25)10-16(4)26/h5-6,13-16,23-28H,7-12H2,1-4H3/t13-,14-,15-,16-/m1/s1. The van der Waals surface area contributed by atoms with E-state index in [0.717, 1.165) is 0 Å². The highest BCUT2D eigenvalue weighted by atomic mass is 16.3. The maximum Gasteiger partial charge on any atom is 0.120 e. The summed E-state index contributed by atoms with van der Waals surface area (Å²) in [6, 6.07) is 2.95. The Morgan fingerprint density at radius 3 is 1.07 bits per heavy atom. The highest BCUT2D eigenvalue weighted by molar-refractivity contribution is 5.45. The van der Waals surface area contributed by atoms with Crippen molar-refractivity contribution < 1.29 is 30.6 Å². The third-order valence-corrected chi connectivity index (χ3v) is 4.16. The zero-order valence-electron chi connectivity index (χ0n) is 17.3. The van der Waals surface area contributed by atoms with Gasteiger partial charge in [0.1, 0.15) is 11.5 Å². The van der Waals surface area contributed by atoms with Crippen LogP contribution in [0.3, 0.4) is 0 Å².